The second kappa shape index (κ2) is 10.0. The summed E-state index contributed by atoms with van der Waals surface area (Å²) in [6.45, 7) is 3.52. The van der Waals surface area contributed by atoms with Crippen molar-refractivity contribution in [3.05, 3.63) is 60.2 Å². The zero-order chi connectivity index (χ0) is 21.6. The predicted molar refractivity (Wildman–Crippen MR) is 113 cm³/mol. The van der Waals surface area contributed by atoms with E-state index in [-0.39, 0.29) is 23.9 Å². The lowest BCUT2D eigenvalue weighted by atomic mass is 10.0. The van der Waals surface area contributed by atoms with Crippen LogP contribution in [0.2, 0.25) is 0 Å². The summed E-state index contributed by atoms with van der Waals surface area (Å²) < 4.78 is 35.7. The molecule has 0 saturated carbocycles. The van der Waals surface area contributed by atoms with Crippen LogP contribution in [0.1, 0.15) is 27.2 Å². The molecule has 0 amide bonds. The number of nitrogen functional groups attached to an aromatic ring is 1. The van der Waals surface area contributed by atoms with Crippen molar-refractivity contribution in [2.75, 3.05) is 18.8 Å². The summed E-state index contributed by atoms with van der Waals surface area (Å²) in [5.41, 5.74) is 13.2. The van der Waals surface area contributed by atoms with E-state index in [1.54, 1.807) is 0 Å². The van der Waals surface area contributed by atoms with Gasteiger partial charge in [0.1, 0.15) is 0 Å². The van der Waals surface area contributed by atoms with Crippen molar-refractivity contribution in [3.8, 4) is 0 Å². The summed E-state index contributed by atoms with van der Waals surface area (Å²) in [6.07, 6.45) is -1.28. The van der Waals surface area contributed by atoms with Crippen molar-refractivity contribution in [2.24, 2.45) is 11.7 Å². The number of aliphatic hydroxyl groups excluding tert-OH is 1. The number of benzene rings is 2. The Balaban J connectivity index is 2.21. The lowest BCUT2D eigenvalue weighted by Gasteiger charge is -2.28. The Morgan fingerprint density at radius 1 is 1.11 bits per heavy atom. The fourth-order valence-electron chi connectivity index (χ4n) is 2.75. The van der Waals surface area contributed by atoms with Crippen LogP contribution in [0.4, 0.5) is 5.69 Å². The number of aliphatic hydroxyl groups is 1. The van der Waals surface area contributed by atoms with E-state index in [0.29, 0.717) is 12.1 Å². The average molecular weight is 407 g/mol. The van der Waals surface area contributed by atoms with Crippen LogP contribution in [0, 0.1) is 5.92 Å². The van der Waals surface area contributed by atoms with Crippen LogP contribution in [0.5, 0.6) is 0 Å². The monoisotopic (exact) mass is 406 g/mol. The van der Waals surface area contributed by atoms with Crippen molar-refractivity contribution >= 4 is 15.7 Å². The molecule has 3 atom stereocenters. The van der Waals surface area contributed by atoms with Crippen molar-refractivity contribution in [2.45, 2.75) is 43.7 Å². The standard InChI is InChI=1S/C21H31N3O3S/c1-16(2)12-13-24(28(26,27)19-10-8-18(22)9-11-19)15-21(25)20(23)14-17-6-4-3-5-7-17/h3-11,16,20-21,25H,12-15,22-23H2,1-2H3/t20-,21+/m0/s1/i12D/t12?,20-,21+. The van der Waals surface area contributed by atoms with Crippen LogP contribution in [0.25, 0.3) is 0 Å². The van der Waals surface area contributed by atoms with E-state index in [4.69, 9.17) is 12.8 Å². The molecule has 0 aliphatic rings. The first kappa shape index (κ1) is 20.8. The second-order valence-electron chi connectivity index (χ2n) is 7.29. The highest BCUT2D eigenvalue weighted by Crippen LogP contribution is 2.20. The minimum absolute atomic E-state index is 0.0283. The van der Waals surface area contributed by atoms with Gasteiger partial charge >= 0.3 is 0 Å². The van der Waals surface area contributed by atoms with Crippen molar-refractivity contribution in [1.29, 1.82) is 0 Å². The molecule has 2 rings (SSSR count). The molecule has 7 heteroatoms. The van der Waals surface area contributed by atoms with Gasteiger partial charge in [0, 0.05) is 26.2 Å². The molecule has 0 bridgehead atoms. The third-order valence-electron chi connectivity index (χ3n) is 4.50. The van der Waals surface area contributed by atoms with Gasteiger partial charge in [-0.3, -0.25) is 0 Å². The summed E-state index contributed by atoms with van der Waals surface area (Å²) in [5.74, 6) is -0.0331. The average Bonchev–Trinajstić information content (AvgIpc) is 2.68. The molecule has 6 nitrogen and oxygen atoms in total. The maximum Gasteiger partial charge on any atom is 0.243 e. The number of nitrogens with two attached hydrogens (primary N) is 2. The maximum atomic E-state index is 13.2. The van der Waals surface area contributed by atoms with Crippen LogP contribution >= 0.6 is 0 Å². The molecule has 0 heterocycles. The molecule has 0 aliphatic carbocycles. The predicted octanol–water partition coefficient (Wildman–Crippen LogP) is 2.24. The largest absolute Gasteiger partial charge is 0.399 e. The Kier molecular flexibility index (Phi) is 7.44. The normalized spacial score (nSPS) is 16.0. The van der Waals surface area contributed by atoms with E-state index < -0.39 is 28.6 Å². The molecule has 2 aromatic rings. The number of anilines is 1. The molecule has 0 saturated heterocycles. The Hall–Kier alpha value is -1.93. The van der Waals surface area contributed by atoms with Crippen molar-refractivity contribution < 1.29 is 14.9 Å². The first-order valence-electron chi connectivity index (χ1n) is 9.94. The van der Waals surface area contributed by atoms with Crippen molar-refractivity contribution in [3.63, 3.8) is 0 Å². The lowest BCUT2D eigenvalue weighted by molar-refractivity contribution is 0.118. The quantitative estimate of drug-likeness (QED) is 0.524. The maximum absolute atomic E-state index is 13.2. The summed E-state index contributed by atoms with van der Waals surface area (Å²) in [7, 11) is -3.91. The van der Waals surface area contributed by atoms with E-state index in [0.717, 1.165) is 9.87 Å². The number of rotatable bonds is 10. The summed E-state index contributed by atoms with van der Waals surface area (Å²) in [5, 5.41) is 10.6. The minimum atomic E-state index is -3.91. The SMILES string of the molecule is [2H]C(CN(C[C@@H](O)[C@@H](N)Cc1ccccc1)S(=O)(=O)c1ccc(N)cc1)C(C)C. The zero-order valence-electron chi connectivity index (χ0n) is 17.4. The van der Waals surface area contributed by atoms with Crippen LogP contribution in [0.3, 0.4) is 0 Å². The van der Waals surface area contributed by atoms with Gasteiger partial charge < -0.3 is 16.6 Å². The fourth-order valence-corrected chi connectivity index (χ4v) is 4.16. The molecule has 154 valence electrons. The van der Waals surface area contributed by atoms with Gasteiger partial charge in [-0.15, -0.1) is 0 Å². The zero-order valence-corrected chi connectivity index (χ0v) is 17.2. The molecule has 0 aromatic heterocycles. The molecular formula is C21H31N3O3S. The van der Waals surface area contributed by atoms with Gasteiger partial charge in [0.05, 0.1) is 11.0 Å². The highest BCUT2D eigenvalue weighted by atomic mass is 32.2. The van der Waals surface area contributed by atoms with E-state index in [1.165, 1.54) is 24.3 Å². The number of nitrogens with zero attached hydrogens (tertiary/aromatic N) is 1. The Morgan fingerprint density at radius 2 is 1.71 bits per heavy atom. The number of hydrogen-bond acceptors (Lipinski definition) is 5. The smallest absolute Gasteiger partial charge is 0.243 e. The lowest BCUT2D eigenvalue weighted by Crippen LogP contribution is -2.47. The van der Waals surface area contributed by atoms with Gasteiger partial charge in [-0.1, -0.05) is 44.2 Å². The summed E-state index contributed by atoms with van der Waals surface area (Å²) in [6, 6.07) is 14.8. The first-order valence-corrected chi connectivity index (χ1v) is 10.8. The fraction of sp³-hybridized carbons (Fsp3) is 0.429. The molecule has 28 heavy (non-hydrogen) atoms. The van der Waals surface area contributed by atoms with Gasteiger partial charge in [0.2, 0.25) is 10.0 Å². The van der Waals surface area contributed by atoms with Gasteiger partial charge in [-0.05, 0) is 48.6 Å². The highest BCUT2D eigenvalue weighted by Gasteiger charge is 2.28. The van der Waals surface area contributed by atoms with E-state index in [2.05, 4.69) is 0 Å². The third-order valence-corrected chi connectivity index (χ3v) is 6.34. The van der Waals surface area contributed by atoms with Crippen LogP contribution in [0.15, 0.2) is 59.5 Å². The third kappa shape index (κ3) is 6.31. The van der Waals surface area contributed by atoms with Gasteiger partial charge in [0.25, 0.3) is 0 Å². The summed E-state index contributed by atoms with van der Waals surface area (Å²) >= 11 is 0. The molecule has 0 aliphatic heterocycles. The van der Waals surface area contributed by atoms with Gasteiger partial charge in [-0.25, -0.2) is 8.42 Å². The van der Waals surface area contributed by atoms with E-state index in [1.807, 2.05) is 44.2 Å². The van der Waals surface area contributed by atoms with Crippen LogP contribution in [-0.4, -0.2) is 43.1 Å². The van der Waals surface area contributed by atoms with Crippen LogP contribution in [-0.2, 0) is 16.4 Å². The topological polar surface area (TPSA) is 110 Å². The van der Waals surface area contributed by atoms with E-state index >= 15 is 0 Å². The van der Waals surface area contributed by atoms with Gasteiger partial charge in [0.15, 0.2) is 0 Å². The molecule has 0 spiro atoms. The molecule has 0 fully saturated rings. The van der Waals surface area contributed by atoms with Crippen molar-refractivity contribution in [1.82, 2.24) is 4.31 Å². The molecule has 1 unspecified atom stereocenters. The Bertz CT molecular complexity index is 860. The Labute approximate surface area is 169 Å². The minimum Gasteiger partial charge on any atom is -0.399 e. The highest BCUT2D eigenvalue weighted by molar-refractivity contribution is 7.89. The summed E-state index contributed by atoms with van der Waals surface area (Å²) in [4.78, 5) is 0.0755. The molecule has 2 aromatic carbocycles. The van der Waals surface area contributed by atoms with Crippen LogP contribution < -0.4 is 11.5 Å². The van der Waals surface area contributed by atoms with E-state index in [9.17, 15) is 13.5 Å². The Morgan fingerprint density at radius 3 is 2.29 bits per heavy atom. The number of hydrogen-bond donors (Lipinski definition) is 3. The molecule has 0 radical (unpaired) electrons. The van der Waals surface area contributed by atoms with Gasteiger partial charge in [-0.2, -0.15) is 4.31 Å². The second-order valence-corrected chi connectivity index (χ2v) is 9.23. The molecular weight excluding hydrogens is 374 g/mol. The first-order chi connectivity index (χ1) is 13.6. The number of sulfonamides is 1. The molecule has 5 N–H and O–H groups in total.